The number of aryl methyl sites for hydroxylation is 1. The first kappa shape index (κ1) is 11.2. The summed E-state index contributed by atoms with van der Waals surface area (Å²) in [6, 6.07) is 5.96. The molecule has 1 aromatic carbocycles. The second-order valence-electron chi connectivity index (χ2n) is 4.96. The molecule has 0 aliphatic heterocycles. The minimum Gasteiger partial charge on any atom is -0.342 e. The highest BCUT2D eigenvalue weighted by atomic mass is 16.2. The molecule has 0 unspecified atom stereocenters. The quantitative estimate of drug-likeness (QED) is 0.423. The zero-order chi connectivity index (χ0) is 12.8. The average Bonchev–Trinajstić information content (AvgIpc) is 2.66. The van der Waals surface area contributed by atoms with Crippen molar-refractivity contribution in [2.75, 3.05) is 0 Å². The lowest BCUT2D eigenvalue weighted by Gasteiger charge is -2.40. The molecule has 2 aromatic rings. The van der Waals surface area contributed by atoms with E-state index in [1.165, 1.54) is 0 Å². The molecule has 1 aliphatic rings. The van der Waals surface area contributed by atoms with Gasteiger partial charge in [0.25, 0.3) is 0 Å². The number of amides is 1. The Morgan fingerprint density at radius 3 is 2.89 bits per heavy atom. The Morgan fingerprint density at radius 1 is 1.50 bits per heavy atom. The van der Waals surface area contributed by atoms with E-state index in [9.17, 15) is 4.79 Å². The standard InChI is InChI=1S/C13H16N4O/c1-8-15-10-4-3-9(7-11(10)16-8)13(5-2-6-13)12(18)17-14/h3-4,7H,2,5-6,14H2,1H3,(H,15,16)(H,17,18). The maximum absolute atomic E-state index is 12.0. The van der Waals surface area contributed by atoms with Crippen LogP contribution in [0.5, 0.6) is 0 Å². The van der Waals surface area contributed by atoms with E-state index in [1.807, 2.05) is 25.1 Å². The second kappa shape index (κ2) is 3.81. The number of carbonyl (C=O) groups excluding carboxylic acids is 1. The van der Waals surface area contributed by atoms with Crippen LogP contribution in [0.4, 0.5) is 0 Å². The van der Waals surface area contributed by atoms with Crippen LogP contribution in [0, 0.1) is 6.92 Å². The molecule has 94 valence electrons. The van der Waals surface area contributed by atoms with Crippen molar-refractivity contribution in [1.29, 1.82) is 0 Å². The summed E-state index contributed by atoms with van der Waals surface area (Å²) in [5.74, 6) is 6.09. The predicted octanol–water partition coefficient (Wildman–Crippen LogP) is 1.28. The molecular formula is C13H16N4O. The number of benzene rings is 1. The van der Waals surface area contributed by atoms with Gasteiger partial charge < -0.3 is 4.98 Å². The summed E-state index contributed by atoms with van der Waals surface area (Å²) in [7, 11) is 0. The molecule has 0 bridgehead atoms. The summed E-state index contributed by atoms with van der Waals surface area (Å²) in [6.45, 7) is 1.92. The van der Waals surface area contributed by atoms with E-state index >= 15 is 0 Å². The van der Waals surface area contributed by atoms with Crippen LogP contribution in [0.15, 0.2) is 18.2 Å². The minimum atomic E-state index is -0.443. The lowest BCUT2D eigenvalue weighted by molar-refractivity contribution is -0.130. The van der Waals surface area contributed by atoms with E-state index in [2.05, 4.69) is 15.4 Å². The topological polar surface area (TPSA) is 83.8 Å². The summed E-state index contributed by atoms with van der Waals surface area (Å²) < 4.78 is 0. The molecule has 3 rings (SSSR count). The third kappa shape index (κ3) is 1.44. The maximum atomic E-state index is 12.0. The maximum Gasteiger partial charge on any atom is 0.244 e. The van der Waals surface area contributed by atoms with E-state index in [1.54, 1.807) is 0 Å². The SMILES string of the molecule is Cc1nc2ccc(C3(C(=O)NN)CCC3)cc2[nH]1. The number of nitrogens with zero attached hydrogens (tertiary/aromatic N) is 1. The Kier molecular flexibility index (Phi) is 2.38. The fraction of sp³-hybridized carbons (Fsp3) is 0.385. The molecule has 1 aliphatic carbocycles. The molecule has 5 nitrogen and oxygen atoms in total. The van der Waals surface area contributed by atoms with Gasteiger partial charge in [0.2, 0.25) is 5.91 Å². The fourth-order valence-electron chi connectivity index (χ4n) is 2.75. The Morgan fingerprint density at radius 2 is 2.28 bits per heavy atom. The summed E-state index contributed by atoms with van der Waals surface area (Å²) in [5, 5.41) is 0. The van der Waals surface area contributed by atoms with E-state index in [4.69, 9.17) is 5.84 Å². The zero-order valence-electron chi connectivity index (χ0n) is 10.3. The van der Waals surface area contributed by atoms with Crippen LogP contribution in [0.2, 0.25) is 0 Å². The van der Waals surface area contributed by atoms with Crippen LogP contribution in [-0.2, 0) is 10.2 Å². The van der Waals surface area contributed by atoms with Crippen LogP contribution in [0.3, 0.4) is 0 Å². The van der Waals surface area contributed by atoms with E-state index in [0.717, 1.165) is 41.7 Å². The summed E-state index contributed by atoms with van der Waals surface area (Å²) in [4.78, 5) is 19.6. The van der Waals surface area contributed by atoms with Gasteiger partial charge in [-0.2, -0.15) is 0 Å². The molecule has 0 radical (unpaired) electrons. The number of H-pyrrole nitrogens is 1. The third-order valence-corrected chi connectivity index (χ3v) is 3.93. The van der Waals surface area contributed by atoms with Crippen LogP contribution < -0.4 is 11.3 Å². The number of hydrogen-bond acceptors (Lipinski definition) is 3. The van der Waals surface area contributed by atoms with Crippen molar-refractivity contribution in [3.8, 4) is 0 Å². The molecule has 1 heterocycles. The van der Waals surface area contributed by atoms with Crippen molar-refractivity contribution in [1.82, 2.24) is 15.4 Å². The molecule has 1 fully saturated rings. The number of nitrogens with two attached hydrogens (primary N) is 1. The largest absolute Gasteiger partial charge is 0.342 e. The second-order valence-corrected chi connectivity index (χ2v) is 4.96. The molecule has 0 atom stereocenters. The first-order valence-electron chi connectivity index (χ1n) is 6.14. The number of hydrazine groups is 1. The van der Waals surface area contributed by atoms with Crippen molar-refractivity contribution in [2.24, 2.45) is 5.84 Å². The van der Waals surface area contributed by atoms with Crippen molar-refractivity contribution in [3.05, 3.63) is 29.6 Å². The van der Waals surface area contributed by atoms with Crippen molar-refractivity contribution in [2.45, 2.75) is 31.6 Å². The molecule has 1 amide bonds. The smallest absolute Gasteiger partial charge is 0.244 e. The van der Waals surface area contributed by atoms with Gasteiger partial charge in [-0.25, -0.2) is 10.8 Å². The van der Waals surface area contributed by atoms with Crippen LogP contribution >= 0.6 is 0 Å². The normalized spacial score (nSPS) is 17.4. The lowest BCUT2D eigenvalue weighted by atomic mass is 9.64. The first-order valence-corrected chi connectivity index (χ1v) is 6.14. The number of aromatic amines is 1. The number of aromatic nitrogens is 2. The number of fused-ring (bicyclic) bond motifs is 1. The number of hydrogen-bond donors (Lipinski definition) is 3. The Balaban J connectivity index is 2.10. The summed E-state index contributed by atoms with van der Waals surface area (Å²) in [5.41, 5.74) is 4.78. The molecule has 4 N–H and O–H groups in total. The number of nitrogens with one attached hydrogen (secondary N) is 2. The third-order valence-electron chi connectivity index (χ3n) is 3.93. The highest BCUT2D eigenvalue weighted by Gasteiger charge is 2.45. The molecule has 1 aromatic heterocycles. The van der Waals surface area contributed by atoms with Gasteiger partial charge in [0.1, 0.15) is 5.82 Å². The zero-order valence-corrected chi connectivity index (χ0v) is 10.3. The van der Waals surface area contributed by atoms with E-state index in [0.29, 0.717) is 0 Å². The molecular weight excluding hydrogens is 228 g/mol. The number of rotatable bonds is 2. The Hall–Kier alpha value is -1.88. The van der Waals surface area contributed by atoms with Gasteiger partial charge in [0.15, 0.2) is 0 Å². The molecule has 0 saturated heterocycles. The Bertz CT molecular complexity index is 612. The van der Waals surface area contributed by atoms with Gasteiger partial charge in [-0.15, -0.1) is 0 Å². The van der Waals surface area contributed by atoms with Gasteiger partial charge >= 0.3 is 0 Å². The summed E-state index contributed by atoms with van der Waals surface area (Å²) in [6.07, 6.45) is 2.77. The predicted molar refractivity (Wildman–Crippen MR) is 68.7 cm³/mol. The molecule has 18 heavy (non-hydrogen) atoms. The number of carbonyl (C=O) groups is 1. The van der Waals surface area contributed by atoms with E-state index in [-0.39, 0.29) is 5.91 Å². The van der Waals surface area contributed by atoms with Crippen LogP contribution in [0.1, 0.15) is 30.7 Å². The van der Waals surface area contributed by atoms with Crippen molar-refractivity contribution >= 4 is 16.9 Å². The van der Waals surface area contributed by atoms with Gasteiger partial charge in [0.05, 0.1) is 16.4 Å². The molecule has 0 spiro atoms. The Labute approximate surface area is 105 Å². The lowest BCUT2D eigenvalue weighted by Crippen LogP contribution is -2.51. The molecule has 5 heteroatoms. The van der Waals surface area contributed by atoms with Gasteiger partial charge in [-0.1, -0.05) is 12.5 Å². The van der Waals surface area contributed by atoms with Gasteiger partial charge in [0, 0.05) is 0 Å². The monoisotopic (exact) mass is 244 g/mol. The summed E-state index contributed by atoms with van der Waals surface area (Å²) >= 11 is 0. The van der Waals surface area contributed by atoms with Gasteiger partial charge in [-0.3, -0.25) is 10.2 Å². The number of imidazole rings is 1. The first-order chi connectivity index (χ1) is 8.65. The van der Waals surface area contributed by atoms with Crippen molar-refractivity contribution < 1.29 is 4.79 Å². The van der Waals surface area contributed by atoms with Crippen LogP contribution in [0.25, 0.3) is 11.0 Å². The van der Waals surface area contributed by atoms with E-state index < -0.39 is 5.41 Å². The van der Waals surface area contributed by atoms with Crippen molar-refractivity contribution in [3.63, 3.8) is 0 Å². The highest BCUT2D eigenvalue weighted by Crippen LogP contribution is 2.44. The molecule has 1 saturated carbocycles. The van der Waals surface area contributed by atoms with Crippen LogP contribution in [-0.4, -0.2) is 15.9 Å². The minimum absolute atomic E-state index is 0.0932. The highest BCUT2D eigenvalue weighted by molar-refractivity contribution is 5.90. The average molecular weight is 244 g/mol. The fourth-order valence-corrected chi connectivity index (χ4v) is 2.75. The van der Waals surface area contributed by atoms with Gasteiger partial charge in [-0.05, 0) is 37.5 Å².